The molecule has 2 aromatic heterocycles. The van der Waals surface area contributed by atoms with Crippen molar-refractivity contribution in [2.75, 3.05) is 13.1 Å². The molecule has 3 aromatic rings. The fourth-order valence-corrected chi connectivity index (χ4v) is 4.19. The Morgan fingerprint density at radius 1 is 1.29 bits per heavy atom. The Morgan fingerprint density at radius 2 is 2.13 bits per heavy atom. The van der Waals surface area contributed by atoms with E-state index in [0.29, 0.717) is 46.8 Å². The molecule has 0 bridgehead atoms. The highest BCUT2D eigenvalue weighted by molar-refractivity contribution is 6.33. The number of carbonyl (C=O) groups excluding carboxylic acids is 1. The minimum absolute atomic E-state index is 0.144. The Balaban J connectivity index is 1.37. The zero-order valence-electron chi connectivity index (χ0n) is 16.6. The van der Waals surface area contributed by atoms with Gasteiger partial charge in [0.05, 0.1) is 24.1 Å². The van der Waals surface area contributed by atoms with Gasteiger partial charge in [-0.15, -0.1) is 0 Å². The van der Waals surface area contributed by atoms with Crippen molar-refractivity contribution in [3.05, 3.63) is 59.1 Å². The average Bonchev–Trinajstić information content (AvgIpc) is 3.31. The fraction of sp³-hybridized carbons (Fsp3) is 0.318. The first-order chi connectivity index (χ1) is 15.0. The summed E-state index contributed by atoms with van der Waals surface area (Å²) in [5, 5.41) is 25.4. The van der Waals surface area contributed by atoms with Crippen LogP contribution < -0.4 is 11.1 Å². The Kier molecular flexibility index (Phi) is 6.20. The van der Waals surface area contributed by atoms with Gasteiger partial charge in [0.1, 0.15) is 23.2 Å². The number of nitrogens with zero attached hydrogens (tertiary/aromatic N) is 3. The van der Waals surface area contributed by atoms with Crippen LogP contribution in [0.25, 0.3) is 11.0 Å². The van der Waals surface area contributed by atoms with Gasteiger partial charge in [0.25, 0.3) is 0 Å². The van der Waals surface area contributed by atoms with Crippen molar-refractivity contribution in [3.8, 4) is 11.8 Å². The summed E-state index contributed by atoms with van der Waals surface area (Å²) in [4.78, 5) is 19.5. The maximum Gasteiger partial charge on any atom is 0.248 e. The number of halogens is 1. The molecule has 160 valence electrons. The third-order valence-corrected chi connectivity index (χ3v) is 5.89. The lowest BCUT2D eigenvalue weighted by molar-refractivity contribution is 0.00707. The van der Waals surface area contributed by atoms with Crippen molar-refractivity contribution < 1.29 is 15.0 Å². The molecule has 31 heavy (non-hydrogen) atoms. The second-order valence-corrected chi connectivity index (χ2v) is 7.90. The third-order valence-electron chi connectivity index (χ3n) is 5.59. The number of carbonyl (C=O) groups is 1. The summed E-state index contributed by atoms with van der Waals surface area (Å²) in [6, 6.07) is 8.32. The van der Waals surface area contributed by atoms with E-state index in [0.717, 1.165) is 0 Å². The topological polar surface area (TPSA) is 126 Å². The van der Waals surface area contributed by atoms with Gasteiger partial charge < -0.3 is 25.8 Å². The van der Waals surface area contributed by atoms with E-state index >= 15 is 0 Å². The number of nitrogens with one attached hydrogen (secondary N) is 1. The lowest BCUT2D eigenvalue weighted by Crippen LogP contribution is -2.33. The van der Waals surface area contributed by atoms with Crippen molar-refractivity contribution in [1.82, 2.24) is 19.9 Å². The predicted octanol–water partition coefficient (Wildman–Crippen LogP) is 1.11. The van der Waals surface area contributed by atoms with Crippen molar-refractivity contribution >= 4 is 28.5 Å². The highest BCUT2D eigenvalue weighted by Crippen LogP contribution is 2.37. The molecule has 9 heteroatoms. The summed E-state index contributed by atoms with van der Waals surface area (Å²) in [5.41, 5.74) is 7.03. The first kappa shape index (κ1) is 21.3. The molecule has 0 aliphatic heterocycles. The molecule has 0 spiro atoms. The highest BCUT2D eigenvalue weighted by Gasteiger charge is 2.42. The van der Waals surface area contributed by atoms with Crippen LogP contribution in [0.15, 0.2) is 42.9 Å². The number of benzene rings is 1. The number of amides is 1. The Morgan fingerprint density at radius 3 is 2.94 bits per heavy atom. The predicted molar refractivity (Wildman–Crippen MR) is 116 cm³/mol. The number of nitrogens with two attached hydrogens (primary N) is 1. The molecule has 1 aliphatic rings. The third kappa shape index (κ3) is 4.40. The summed E-state index contributed by atoms with van der Waals surface area (Å²) in [6.45, 7) is 0.903. The van der Waals surface area contributed by atoms with Gasteiger partial charge in [-0.2, -0.15) is 0 Å². The maximum atomic E-state index is 11.2. The fourth-order valence-electron chi connectivity index (χ4n) is 4.00. The van der Waals surface area contributed by atoms with Crippen molar-refractivity contribution in [1.29, 1.82) is 0 Å². The number of aromatic nitrogens is 3. The first-order valence-corrected chi connectivity index (χ1v) is 10.3. The number of primary amides is 1. The number of fused-ring (bicyclic) bond motifs is 1. The van der Waals surface area contributed by atoms with E-state index in [9.17, 15) is 15.0 Å². The number of aliphatic hydroxyl groups is 2. The zero-order valence-corrected chi connectivity index (χ0v) is 17.3. The number of hydrogen-bond donors (Lipinski definition) is 4. The van der Waals surface area contributed by atoms with Gasteiger partial charge in [0.2, 0.25) is 5.91 Å². The van der Waals surface area contributed by atoms with E-state index in [4.69, 9.17) is 17.3 Å². The van der Waals surface area contributed by atoms with E-state index in [-0.39, 0.29) is 12.0 Å². The standard InChI is InChI=1S/C22H22ClN5O3/c23-20-16-6-8-28(22(16)27-12-26-20)17-10-15(18(29)19(17)30)11-25-7-2-4-13-3-1-5-14(9-13)21(24)31/h1,3,5-6,8-9,12,15,17-19,25,29-30H,7,10-11H2,(H2,24,31)/t15-,17-,18-,19+/m1/s1. The van der Waals surface area contributed by atoms with Gasteiger partial charge in [-0.3, -0.25) is 4.79 Å². The highest BCUT2D eigenvalue weighted by atomic mass is 35.5. The van der Waals surface area contributed by atoms with E-state index in [2.05, 4.69) is 27.1 Å². The molecular weight excluding hydrogens is 418 g/mol. The molecule has 0 radical (unpaired) electrons. The monoisotopic (exact) mass is 439 g/mol. The molecule has 5 N–H and O–H groups in total. The van der Waals surface area contributed by atoms with Crippen LogP contribution in [-0.2, 0) is 0 Å². The van der Waals surface area contributed by atoms with Crippen LogP contribution >= 0.6 is 11.6 Å². The SMILES string of the molecule is NC(=O)c1cccc(C#CCNC[C@H]2C[C@@H](n3ccc4c(Cl)ncnc43)[C@H](O)[C@@H]2O)c1. The summed E-state index contributed by atoms with van der Waals surface area (Å²) in [6.07, 6.45) is 1.99. The Bertz CT molecular complexity index is 1170. The summed E-state index contributed by atoms with van der Waals surface area (Å²) >= 11 is 6.12. The molecule has 4 atom stereocenters. The molecule has 1 amide bonds. The van der Waals surface area contributed by atoms with Gasteiger partial charge in [-0.1, -0.05) is 29.5 Å². The van der Waals surface area contributed by atoms with Crippen LogP contribution in [-0.4, -0.2) is 56.0 Å². The van der Waals surface area contributed by atoms with Crippen molar-refractivity contribution in [2.45, 2.75) is 24.7 Å². The quantitative estimate of drug-likeness (QED) is 0.268. The van der Waals surface area contributed by atoms with Gasteiger partial charge in [0, 0.05) is 29.8 Å². The maximum absolute atomic E-state index is 11.2. The van der Waals surface area contributed by atoms with Gasteiger partial charge in [-0.25, -0.2) is 9.97 Å². The molecule has 4 rings (SSSR count). The van der Waals surface area contributed by atoms with Gasteiger partial charge >= 0.3 is 0 Å². The first-order valence-electron chi connectivity index (χ1n) is 9.88. The second-order valence-electron chi connectivity index (χ2n) is 7.55. The van der Waals surface area contributed by atoms with Crippen LogP contribution in [0.4, 0.5) is 0 Å². The molecule has 0 unspecified atom stereocenters. The average molecular weight is 440 g/mol. The van der Waals surface area contributed by atoms with E-state index in [1.807, 2.05) is 16.8 Å². The minimum Gasteiger partial charge on any atom is -0.390 e. The van der Waals surface area contributed by atoms with Crippen molar-refractivity contribution in [3.63, 3.8) is 0 Å². The Hall–Kier alpha value is -2.96. The molecule has 0 saturated heterocycles. The van der Waals surface area contributed by atoms with Crippen LogP contribution in [0, 0.1) is 17.8 Å². The summed E-state index contributed by atoms with van der Waals surface area (Å²) in [5.74, 6) is 5.34. The van der Waals surface area contributed by atoms with E-state index < -0.39 is 18.1 Å². The van der Waals surface area contributed by atoms with Crippen LogP contribution in [0.1, 0.15) is 28.4 Å². The van der Waals surface area contributed by atoms with Crippen LogP contribution in [0.5, 0.6) is 0 Å². The van der Waals surface area contributed by atoms with Crippen LogP contribution in [0.3, 0.4) is 0 Å². The second kappa shape index (κ2) is 9.04. The minimum atomic E-state index is -0.918. The van der Waals surface area contributed by atoms with Crippen LogP contribution in [0.2, 0.25) is 5.15 Å². The molecule has 2 heterocycles. The number of rotatable bonds is 5. The number of hydrogen-bond acceptors (Lipinski definition) is 6. The molecule has 1 fully saturated rings. The van der Waals surface area contributed by atoms with E-state index in [1.165, 1.54) is 6.33 Å². The van der Waals surface area contributed by atoms with E-state index in [1.54, 1.807) is 24.3 Å². The Labute approximate surface area is 184 Å². The lowest BCUT2D eigenvalue weighted by Gasteiger charge is -2.19. The largest absolute Gasteiger partial charge is 0.390 e. The van der Waals surface area contributed by atoms with Gasteiger partial charge in [0.15, 0.2) is 0 Å². The molecule has 1 saturated carbocycles. The molecule has 1 aromatic carbocycles. The number of aliphatic hydroxyl groups excluding tert-OH is 2. The van der Waals surface area contributed by atoms with Gasteiger partial charge in [-0.05, 0) is 30.7 Å². The summed E-state index contributed by atoms with van der Waals surface area (Å²) in [7, 11) is 0. The molecule has 8 nitrogen and oxygen atoms in total. The molecule has 1 aliphatic carbocycles. The lowest BCUT2D eigenvalue weighted by atomic mass is 10.1. The summed E-state index contributed by atoms with van der Waals surface area (Å²) < 4.78 is 1.85. The zero-order chi connectivity index (χ0) is 22.0. The van der Waals surface area contributed by atoms with Crippen molar-refractivity contribution in [2.24, 2.45) is 11.7 Å². The normalized spacial score (nSPS) is 22.9. The smallest absolute Gasteiger partial charge is 0.248 e. The molecular formula is C22H22ClN5O3.